The zero-order valence-corrected chi connectivity index (χ0v) is 17.5. The van der Waals surface area contributed by atoms with Crippen molar-refractivity contribution in [2.75, 3.05) is 27.8 Å². The van der Waals surface area contributed by atoms with Gasteiger partial charge in [-0.2, -0.15) is 0 Å². The molecule has 2 amide bonds. The number of carbonyl (C=O) groups excluding carboxylic acids is 2. The third-order valence-electron chi connectivity index (χ3n) is 5.12. The molecular weight excluding hydrogens is 376 g/mol. The van der Waals surface area contributed by atoms with Gasteiger partial charge in [0.1, 0.15) is 0 Å². The summed E-state index contributed by atoms with van der Waals surface area (Å²) >= 11 is 1.55. The van der Waals surface area contributed by atoms with Gasteiger partial charge in [-0.15, -0.1) is 11.3 Å². The van der Waals surface area contributed by atoms with Crippen molar-refractivity contribution in [1.82, 2.24) is 10.2 Å². The molecule has 0 spiro atoms. The second-order valence-corrected chi connectivity index (χ2v) is 7.77. The molecule has 0 saturated carbocycles. The van der Waals surface area contributed by atoms with E-state index in [1.54, 1.807) is 42.5 Å². The van der Waals surface area contributed by atoms with Crippen LogP contribution in [-0.2, 0) is 4.79 Å². The average Bonchev–Trinajstić information content (AvgIpc) is 3.23. The minimum absolute atomic E-state index is 0.0836. The zero-order chi connectivity index (χ0) is 20.3. The number of likely N-dealkylation sites (N-methyl/N-ethyl adjacent to an activating group) is 1. The molecule has 3 rings (SSSR count). The lowest BCUT2D eigenvalue weighted by Gasteiger charge is -2.39. The smallest absolute Gasteiger partial charge is 0.254 e. The third kappa shape index (κ3) is 3.58. The molecular formula is C21H26N2O4S. The van der Waals surface area contributed by atoms with Crippen LogP contribution in [0.4, 0.5) is 0 Å². The van der Waals surface area contributed by atoms with Crippen LogP contribution in [0.5, 0.6) is 11.5 Å². The summed E-state index contributed by atoms with van der Waals surface area (Å²) in [5.41, 5.74) is 1.15. The van der Waals surface area contributed by atoms with E-state index in [4.69, 9.17) is 9.47 Å². The molecule has 7 heteroatoms. The first-order valence-electron chi connectivity index (χ1n) is 9.37. The molecule has 0 radical (unpaired) electrons. The molecule has 1 N–H and O–H groups in total. The van der Waals surface area contributed by atoms with Gasteiger partial charge in [0.25, 0.3) is 5.91 Å². The molecule has 1 aromatic heterocycles. The van der Waals surface area contributed by atoms with Crippen LogP contribution in [0.25, 0.3) is 0 Å². The SMILES string of the molecule is CCCCNC(=O)[C@H]1c2cc(OC)c(OC)cc2C(=O)N(C)[C@@H]1c1cccs1. The minimum atomic E-state index is -0.520. The Balaban J connectivity index is 2.13. The topological polar surface area (TPSA) is 67.9 Å². The number of methoxy groups -OCH3 is 2. The van der Waals surface area contributed by atoms with Gasteiger partial charge < -0.3 is 19.7 Å². The monoisotopic (exact) mass is 402 g/mol. The maximum absolute atomic E-state index is 13.2. The van der Waals surface area contributed by atoms with Crippen LogP contribution in [0.1, 0.15) is 52.5 Å². The fourth-order valence-corrected chi connectivity index (χ4v) is 4.55. The second-order valence-electron chi connectivity index (χ2n) is 6.79. The van der Waals surface area contributed by atoms with Crippen molar-refractivity contribution in [2.45, 2.75) is 31.7 Å². The van der Waals surface area contributed by atoms with Gasteiger partial charge in [-0.3, -0.25) is 9.59 Å². The first-order valence-corrected chi connectivity index (χ1v) is 10.3. The van der Waals surface area contributed by atoms with E-state index in [-0.39, 0.29) is 17.9 Å². The summed E-state index contributed by atoms with van der Waals surface area (Å²) in [6.07, 6.45) is 1.91. The van der Waals surface area contributed by atoms with Crippen LogP contribution in [0.2, 0.25) is 0 Å². The van der Waals surface area contributed by atoms with Crippen molar-refractivity contribution >= 4 is 23.2 Å². The van der Waals surface area contributed by atoms with Crippen LogP contribution in [0, 0.1) is 0 Å². The number of fused-ring (bicyclic) bond motifs is 1. The summed E-state index contributed by atoms with van der Waals surface area (Å²) in [6.45, 7) is 2.70. The number of rotatable bonds is 7. The summed E-state index contributed by atoms with van der Waals surface area (Å²) in [5.74, 6) is 0.247. The highest BCUT2D eigenvalue weighted by Crippen LogP contribution is 2.46. The fourth-order valence-electron chi connectivity index (χ4n) is 3.64. The van der Waals surface area contributed by atoms with Crippen LogP contribution in [0.15, 0.2) is 29.6 Å². The van der Waals surface area contributed by atoms with Crippen molar-refractivity contribution in [3.05, 3.63) is 45.6 Å². The summed E-state index contributed by atoms with van der Waals surface area (Å²) in [7, 11) is 4.83. The molecule has 2 atom stereocenters. The quantitative estimate of drug-likeness (QED) is 0.719. The molecule has 6 nitrogen and oxygen atoms in total. The molecule has 1 aliphatic heterocycles. The van der Waals surface area contributed by atoms with E-state index >= 15 is 0 Å². The number of ether oxygens (including phenoxy) is 2. The number of unbranched alkanes of at least 4 members (excludes halogenated alkanes) is 1. The largest absolute Gasteiger partial charge is 0.493 e. The van der Waals surface area contributed by atoms with Gasteiger partial charge in [-0.1, -0.05) is 19.4 Å². The lowest BCUT2D eigenvalue weighted by Crippen LogP contribution is -2.45. The van der Waals surface area contributed by atoms with Crippen molar-refractivity contribution in [3.63, 3.8) is 0 Å². The van der Waals surface area contributed by atoms with E-state index in [1.807, 2.05) is 17.5 Å². The Morgan fingerprint density at radius 3 is 2.57 bits per heavy atom. The number of carbonyl (C=O) groups is 2. The summed E-state index contributed by atoms with van der Waals surface area (Å²) < 4.78 is 10.8. The standard InChI is InChI=1S/C21H26N2O4S/c1-5-6-9-22-20(24)18-13-11-15(26-3)16(27-4)12-14(13)21(25)23(2)19(18)17-8-7-10-28-17/h7-8,10-12,18-19H,5-6,9H2,1-4H3,(H,22,24)/t18-,19+/m0/s1. The highest BCUT2D eigenvalue weighted by molar-refractivity contribution is 7.10. The van der Waals surface area contributed by atoms with E-state index in [1.165, 1.54) is 7.11 Å². The summed E-state index contributed by atoms with van der Waals surface area (Å²) in [4.78, 5) is 29.0. The van der Waals surface area contributed by atoms with Crippen molar-refractivity contribution in [2.24, 2.45) is 0 Å². The predicted octanol–water partition coefficient (Wildman–Crippen LogP) is 3.59. The van der Waals surface area contributed by atoms with Gasteiger partial charge in [-0.25, -0.2) is 0 Å². The Kier molecular flexibility index (Phi) is 6.24. The van der Waals surface area contributed by atoms with Gasteiger partial charge in [-0.05, 0) is 35.6 Å². The van der Waals surface area contributed by atoms with Crippen molar-refractivity contribution in [1.29, 1.82) is 0 Å². The van der Waals surface area contributed by atoms with Crippen LogP contribution < -0.4 is 14.8 Å². The van der Waals surface area contributed by atoms with E-state index in [0.717, 1.165) is 17.7 Å². The van der Waals surface area contributed by atoms with Gasteiger partial charge in [0.15, 0.2) is 11.5 Å². The van der Waals surface area contributed by atoms with Gasteiger partial charge in [0.05, 0.1) is 26.2 Å². The number of hydrogen-bond acceptors (Lipinski definition) is 5. The van der Waals surface area contributed by atoms with Crippen LogP contribution in [0.3, 0.4) is 0 Å². The fraction of sp³-hybridized carbons (Fsp3) is 0.429. The Morgan fingerprint density at radius 1 is 1.25 bits per heavy atom. The Labute approximate surface area is 169 Å². The second kappa shape index (κ2) is 8.65. The molecule has 0 fully saturated rings. The predicted molar refractivity (Wildman–Crippen MR) is 109 cm³/mol. The van der Waals surface area contributed by atoms with Crippen LogP contribution >= 0.6 is 11.3 Å². The molecule has 1 aliphatic rings. The lowest BCUT2D eigenvalue weighted by atomic mass is 9.81. The molecule has 28 heavy (non-hydrogen) atoms. The number of nitrogens with zero attached hydrogens (tertiary/aromatic N) is 1. The number of hydrogen-bond donors (Lipinski definition) is 1. The molecule has 0 aliphatic carbocycles. The van der Waals surface area contributed by atoms with E-state index < -0.39 is 5.92 Å². The highest BCUT2D eigenvalue weighted by Gasteiger charge is 2.43. The minimum Gasteiger partial charge on any atom is -0.493 e. The number of benzene rings is 1. The normalized spacial score (nSPS) is 18.6. The average molecular weight is 403 g/mol. The molecule has 0 bridgehead atoms. The lowest BCUT2D eigenvalue weighted by molar-refractivity contribution is -0.124. The first kappa shape index (κ1) is 20.2. The highest BCUT2D eigenvalue weighted by atomic mass is 32.1. The molecule has 150 valence electrons. The first-order chi connectivity index (χ1) is 13.5. The van der Waals surface area contributed by atoms with Gasteiger partial charge >= 0.3 is 0 Å². The molecule has 2 heterocycles. The zero-order valence-electron chi connectivity index (χ0n) is 16.7. The van der Waals surface area contributed by atoms with Gasteiger partial charge in [0.2, 0.25) is 5.91 Å². The number of amides is 2. The van der Waals surface area contributed by atoms with Crippen molar-refractivity contribution < 1.29 is 19.1 Å². The third-order valence-corrected chi connectivity index (χ3v) is 6.06. The molecule has 0 unspecified atom stereocenters. The Hall–Kier alpha value is -2.54. The summed E-state index contributed by atoms with van der Waals surface area (Å²) in [6, 6.07) is 6.99. The van der Waals surface area contributed by atoms with E-state index in [0.29, 0.717) is 29.2 Å². The Morgan fingerprint density at radius 2 is 1.96 bits per heavy atom. The summed E-state index contributed by atoms with van der Waals surface area (Å²) in [5, 5.41) is 5.01. The van der Waals surface area contributed by atoms with Crippen molar-refractivity contribution in [3.8, 4) is 11.5 Å². The van der Waals surface area contributed by atoms with Crippen LogP contribution in [-0.4, -0.2) is 44.5 Å². The van der Waals surface area contributed by atoms with Gasteiger partial charge in [0, 0.05) is 24.0 Å². The number of nitrogens with one attached hydrogen (secondary N) is 1. The molecule has 1 aromatic carbocycles. The maximum Gasteiger partial charge on any atom is 0.254 e. The van der Waals surface area contributed by atoms with E-state index in [2.05, 4.69) is 12.2 Å². The van der Waals surface area contributed by atoms with E-state index in [9.17, 15) is 9.59 Å². The molecule has 0 saturated heterocycles. The maximum atomic E-state index is 13.2. The molecule has 2 aromatic rings. The Bertz CT molecular complexity index is 850. The number of thiophene rings is 1.